The van der Waals surface area contributed by atoms with E-state index in [1.165, 1.54) is 25.7 Å². The minimum Gasteiger partial charge on any atom is -0.756 e. The first kappa shape index (κ1) is 42.5. The number of hydrogen-bond donors (Lipinski definition) is 0. The second-order valence-corrected chi connectivity index (χ2v) is 13.9. The number of quaternary nitrogens is 1. The van der Waals surface area contributed by atoms with Crippen LogP contribution in [-0.2, 0) is 32.7 Å². The summed E-state index contributed by atoms with van der Waals surface area (Å²) in [6.07, 6.45) is 25.3. The molecular weight excluding hydrogens is 581 g/mol. The molecule has 0 radical (unpaired) electrons. The molecule has 44 heavy (non-hydrogen) atoms. The van der Waals surface area contributed by atoms with Crippen molar-refractivity contribution in [2.45, 2.75) is 136 Å². The Morgan fingerprint density at radius 2 is 1.23 bits per heavy atom. The molecule has 0 aromatic rings. The van der Waals surface area contributed by atoms with Gasteiger partial charge in [-0.3, -0.25) is 14.2 Å². The van der Waals surface area contributed by atoms with E-state index < -0.39 is 32.5 Å². The second kappa shape index (κ2) is 27.8. The van der Waals surface area contributed by atoms with Crippen LogP contribution < -0.4 is 4.89 Å². The van der Waals surface area contributed by atoms with Gasteiger partial charge in [0.15, 0.2) is 6.10 Å². The van der Waals surface area contributed by atoms with Gasteiger partial charge in [-0.15, -0.1) is 0 Å². The van der Waals surface area contributed by atoms with E-state index in [-0.39, 0.29) is 26.1 Å². The summed E-state index contributed by atoms with van der Waals surface area (Å²) < 4.78 is 33.4. The van der Waals surface area contributed by atoms with E-state index in [9.17, 15) is 19.0 Å². The lowest BCUT2D eigenvalue weighted by Gasteiger charge is -2.28. The number of carbonyl (C=O) groups excluding carboxylic acids is 2. The molecule has 0 spiro atoms. The van der Waals surface area contributed by atoms with Crippen LogP contribution in [-0.4, -0.2) is 70.0 Å². The number of phosphoric acid groups is 1. The zero-order valence-electron chi connectivity index (χ0n) is 28.6. The Labute approximate surface area is 268 Å². The van der Waals surface area contributed by atoms with Crippen molar-refractivity contribution in [1.29, 1.82) is 0 Å². The Morgan fingerprint density at radius 1 is 0.705 bits per heavy atom. The minimum absolute atomic E-state index is 0.0332. The lowest BCUT2D eigenvalue weighted by atomic mass is 10.1. The fourth-order valence-corrected chi connectivity index (χ4v) is 4.94. The maximum absolute atomic E-state index is 12.5. The van der Waals surface area contributed by atoms with Crippen molar-refractivity contribution in [2.24, 2.45) is 0 Å². The van der Waals surface area contributed by atoms with E-state index >= 15 is 0 Å². The van der Waals surface area contributed by atoms with Crippen molar-refractivity contribution in [1.82, 2.24) is 0 Å². The maximum atomic E-state index is 12.5. The Kier molecular flexibility index (Phi) is 26.8. The zero-order valence-corrected chi connectivity index (χ0v) is 29.5. The number of carbonyl (C=O) groups is 2. The fraction of sp³-hybridized carbons (Fsp3) is 0.824. The van der Waals surface area contributed by atoms with Crippen LogP contribution in [0, 0.1) is 0 Å². The van der Waals surface area contributed by atoms with Gasteiger partial charge in [0.25, 0.3) is 7.82 Å². The monoisotopic (exact) mass is 645 g/mol. The molecule has 0 aliphatic carbocycles. The van der Waals surface area contributed by atoms with Crippen LogP contribution >= 0.6 is 7.82 Å². The third kappa shape index (κ3) is 30.5. The average Bonchev–Trinajstić information content (AvgIpc) is 2.95. The average molecular weight is 646 g/mol. The van der Waals surface area contributed by atoms with Crippen LogP contribution in [0.4, 0.5) is 0 Å². The van der Waals surface area contributed by atoms with Crippen LogP contribution in [0.15, 0.2) is 24.3 Å². The van der Waals surface area contributed by atoms with Crippen LogP contribution in [0.3, 0.4) is 0 Å². The van der Waals surface area contributed by atoms with E-state index in [1.807, 2.05) is 21.1 Å². The Hall–Kier alpha value is -1.51. The van der Waals surface area contributed by atoms with E-state index in [0.717, 1.165) is 70.6 Å². The maximum Gasteiger partial charge on any atom is 0.306 e. The van der Waals surface area contributed by atoms with Crippen molar-refractivity contribution < 1.29 is 42.1 Å². The third-order valence-electron chi connectivity index (χ3n) is 6.97. The van der Waals surface area contributed by atoms with E-state index in [2.05, 4.69) is 38.2 Å². The number of rotatable bonds is 30. The molecule has 258 valence electrons. The molecule has 0 fully saturated rings. The highest BCUT2D eigenvalue weighted by molar-refractivity contribution is 7.45. The first-order chi connectivity index (χ1) is 21.0. The van der Waals surface area contributed by atoms with Crippen LogP contribution in [0.1, 0.15) is 129 Å². The van der Waals surface area contributed by atoms with Crippen molar-refractivity contribution in [3.8, 4) is 0 Å². The van der Waals surface area contributed by atoms with Gasteiger partial charge < -0.3 is 27.9 Å². The Bertz CT molecular complexity index is 825. The number of hydrogen-bond acceptors (Lipinski definition) is 8. The van der Waals surface area contributed by atoms with Crippen molar-refractivity contribution in [3.05, 3.63) is 24.3 Å². The standard InChI is InChI=1S/C34H64NO8P/c1-6-8-10-12-13-14-15-16-17-18-19-20-21-23-25-27-34(37)43-32(30-40-33(36)26-24-22-11-9-7-2)31-42-44(38,39)41-29-28-35(3,4)5/h13-14,16-17,32H,6-12,15,18-31H2,1-5H3/b14-13-,17-16-. The lowest BCUT2D eigenvalue weighted by molar-refractivity contribution is -0.870. The van der Waals surface area contributed by atoms with Gasteiger partial charge in [-0.1, -0.05) is 95.9 Å². The first-order valence-corrected chi connectivity index (χ1v) is 18.5. The van der Waals surface area contributed by atoms with Gasteiger partial charge in [-0.05, 0) is 44.9 Å². The molecule has 0 bridgehead atoms. The fourth-order valence-electron chi connectivity index (χ4n) is 4.21. The Balaban J connectivity index is 4.43. The van der Waals surface area contributed by atoms with Gasteiger partial charge in [0.05, 0.1) is 27.7 Å². The number of esters is 2. The summed E-state index contributed by atoms with van der Waals surface area (Å²) in [5, 5.41) is 0. The summed E-state index contributed by atoms with van der Waals surface area (Å²) in [6, 6.07) is 0. The number of phosphoric ester groups is 1. The smallest absolute Gasteiger partial charge is 0.306 e. The predicted molar refractivity (Wildman–Crippen MR) is 176 cm³/mol. The van der Waals surface area contributed by atoms with Crippen molar-refractivity contribution in [3.63, 3.8) is 0 Å². The van der Waals surface area contributed by atoms with Crippen molar-refractivity contribution >= 4 is 19.8 Å². The molecule has 0 N–H and O–H groups in total. The molecule has 0 aromatic carbocycles. The van der Waals surface area contributed by atoms with E-state index in [0.29, 0.717) is 17.4 Å². The van der Waals surface area contributed by atoms with Gasteiger partial charge in [-0.2, -0.15) is 0 Å². The summed E-state index contributed by atoms with van der Waals surface area (Å²) in [5.74, 6) is -0.868. The zero-order chi connectivity index (χ0) is 32.9. The molecule has 10 heteroatoms. The highest BCUT2D eigenvalue weighted by Crippen LogP contribution is 2.38. The summed E-state index contributed by atoms with van der Waals surface area (Å²) in [6.45, 7) is 4.05. The van der Waals surface area contributed by atoms with Crippen LogP contribution in [0.25, 0.3) is 0 Å². The molecule has 9 nitrogen and oxygen atoms in total. The van der Waals surface area contributed by atoms with Gasteiger partial charge in [-0.25, -0.2) is 0 Å². The first-order valence-electron chi connectivity index (χ1n) is 17.0. The summed E-state index contributed by atoms with van der Waals surface area (Å²) in [4.78, 5) is 36.9. The largest absolute Gasteiger partial charge is 0.756 e. The predicted octanol–water partition coefficient (Wildman–Crippen LogP) is 7.82. The SMILES string of the molecule is CCCCC/C=C\C/C=C\CCCCCCCC(=O)OC(COC(=O)CCCCCCC)COP(=O)([O-])OCC[N+](C)(C)C. The summed E-state index contributed by atoms with van der Waals surface area (Å²) in [7, 11) is 1.15. The topological polar surface area (TPSA) is 111 Å². The molecule has 2 unspecified atom stereocenters. The molecule has 2 atom stereocenters. The molecular formula is C34H64NO8P. The van der Waals surface area contributed by atoms with E-state index in [4.69, 9.17) is 18.5 Å². The van der Waals surface area contributed by atoms with Gasteiger partial charge in [0, 0.05) is 12.8 Å². The normalized spacial score (nSPS) is 14.2. The number of ether oxygens (including phenoxy) is 2. The molecule has 0 rings (SSSR count). The van der Waals surface area contributed by atoms with Gasteiger partial charge >= 0.3 is 11.9 Å². The molecule has 0 aromatic heterocycles. The molecule has 0 saturated heterocycles. The van der Waals surface area contributed by atoms with Crippen LogP contribution in [0.5, 0.6) is 0 Å². The van der Waals surface area contributed by atoms with Gasteiger partial charge in [0.2, 0.25) is 0 Å². The van der Waals surface area contributed by atoms with Gasteiger partial charge in [0.1, 0.15) is 19.8 Å². The lowest BCUT2D eigenvalue weighted by Crippen LogP contribution is -2.37. The summed E-state index contributed by atoms with van der Waals surface area (Å²) >= 11 is 0. The molecule has 0 heterocycles. The summed E-state index contributed by atoms with van der Waals surface area (Å²) in [5.41, 5.74) is 0. The number of allylic oxidation sites excluding steroid dienone is 4. The number of likely N-dealkylation sites (N-methyl/N-ethyl adjacent to an activating group) is 1. The third-order valence-corrected chi connectivity index (χ3v) is 7.94. The molecule has 0 amide bonds. The molecule has 0 aliphatic rings. The van der Waals surface area contributed by atoms with Crippen molar-refractivity contribution in [2.75, 3.05) is 47.5 Å². The highest BCUT2D eigenvalue weighted by Gasteiger charge is 2.21. The van der Waals surface area contributed by atoms with Crippen LogP contribution in [0.2, 0.25) is 0 Å². The number of unbranched alkanes of at least 4 members (excludes halogenated alkanes) is 12. The van der Waals surface area contributed by atoms with E-state index in [1.54, 1.807) is 0 Å². The minimum atomic E-state index is -4.61. The molecule has 0 aliphatic heterocycles. The highest BCUT2D eigenvalue weighted by atomic mass is 31.2. The molecule has 0 saturated carbocycles. The Morgan fingerprint density at radius 3 is 1.84 bits per heavy atom. The quantitative estimate of drug-likeness (QED) is 0.0256. The number of nitrogens with zero attached hydrogens (tertiary/aromatic N) is 1. The second-order valence-electron chi connectivity index (χ2n) is 12.5.